The van der Waals surface area contributed by atoms with Gasteiger partial charge in [-0.15, -0.1) is 0 Å². The molecule has 0 saturated heterocycles. The highest BCUT2D eigenvalue weighted by molar-refractivity contribution is 5.96. The number of nitrogens with zero attached hydrogens (tertiary/aromatic N) is 1. The van der Waals surface area contributed by atoms with Gasteiger partial charge in [0.05, 0.1) is 0 Å². The first-order chi connectivity index (χ1) is 8.36. The van der Waals surface area contributed by atoms with E-state index < -0.39 is 0 Å². The monoisotopic (exact) mass is 248 g/mol. The minimum absolute atomic E-state index is 0.140. The number of rotatable bonds is 4. The van der Waals surface area contributed by atoms with Crippen LogP contribution in [0.2, 0.25) is 0 Å². The first-order valence-corrected chi connectivity index (χ1v) is 6.45. The Morgan fingerprint density at radius 3 is 2.50 bits per heavy atom. The largest absolute Gasteiger partial charge is 0.330 e. The fraction of sp³-hybridized carbons (Fsp3) is 0.533. The molecule has 0 spiro atoms. The van der Waals surface area contributed by atoms with Crippen LogP contribution in [0.15, 0.2) is 24.3 Å². The summed E-state index contributed by atoms with van der Waals surface area (Å²) in [7, 11) is 0. The van der Waals surface area contributed by atoms with E-state index in [9.17, 15) is 4.79 Å². The van der Waals surface area contributed by atoms with Crippen molar-refractivity contribution in [2.75, 3.05) is 18.0 Å². The number of amides is 1. The molecule has 1 aromatic rings. The molecule has 1 amide bonds. The minimum atomic E-state index is -0.377. The Hall–Kier alpha value is -1.35. The molecule has 0 saturated carbocycles. The molecular weight excluding hydrogens is 224 g/mol. The number of carbonyl (C=O) groups is 1. The molecule has 18 heavy (non-hydrogen) atoms. The van der Waals surface area contributed by atoms with E-state index in [4.69, 9.17) is 5.73 Å². The standard InChI is InChI=1S/C15H24N2O/c1-12-7-5-8-13(11-12)17(10-6-9-16)14(18)15(2,3)4/h5,7-8,11H,6,9-10,16H2,1-4H3. The summed E-state index contributed by atoms with van der Waals surface area (Å²) in [5, 5.41) is 0. The van der Waals surface area contributed by atoms with Crippen LogP contribution in [-0.2, 0) is 4.79 Å². The van der Waals surface area contributed by atoms with Crippen LogP contribution in [0.25, 0.3) is 0 Å². The minimum Gasteiger partial charge on any atom is -0.330 e. The van der Waals surface area contributed by atoms with Crippen molar-refractivity contribution in [3.05, 3.63) is 29.8 Å². The summed E-state index contributed by atoms with van der Waals surface area (Å²) in [6, 6.07) is 8.04. The lowest BCUT2D eigenvalue weighted by atomic mass is 9.94. The second-order valence-corrected chi connectivity index (χ2v) is 5.69. The van der Waals surface area contributed by atoms with Gasteiger partial charge in [0, 0.05) is 17.6 Å². The summed E-state index contributed by atoms with van der Waals surface area (Å²) in [5.74, 6) is 0.140. The molecule has 2 N–H and O–H groups in total. The number of benzene rings is 1. The van der Waals surface area contributed by atoms with E-state index in [1.54, 1.807) is 0 Å². The molecular formula is C15H24N2O. The van der Waals surface area contributed by atoms with E-state index in [1.807, 2.05) is 56.9 Å². The first-order valence-electron chi connectivity index (χ1n) is 6.45. The van der Waals surface area contributed by atoms with Crippen LogP contribution in [0.1, 0.15) is 32.8 Å². The van der Waals surface area contributed by atoms with Crippen LogP contribution < -0.4 is 10.6 Å². The van der Waals surface area contributed by atoms with Crippen molar-refractivity contribution in [1.82, 2.24) is 0 Å². The zero-order valence-corrected chi connectivity index (χ0v) is 11.9. The molecule has 0 radical (unpaired) electrons. The van der Waals surface area contributed by atoms with Gasteiger partial charge >= 0.3 is 0 Å². The Morgan fingerprint density at radius 2 is 2.00 bits per heavy atom. The second kappa shape index (κ2) is 6.01. The smallest absolute Gasteiger partial charge is 0.232 e. The molecule has 0 unspecified atom stereocenters. The van der Waals surface area contributed by atoms with Crippen LogP contribution in [0.4, 0.5) is 5.69 Å². The Balaban J connectivity index is 3.02. The number of hydrogen-bond acceptors (Lipinski definition) is 2. The third-order valence-corrected chi connectivity index (χ3v) is 2.79. The van der Waals surface area contributed by atoms with Crippen LogP contribution in [0, 0.1) is 12.3 Å². The van der Waals surface area contributed by atoms with Gasteiger partial charge in [0.2, 0.25) is 5.91 Å². The highest BCUT2D eigenvalue weighted by Crippen LogP contribution is 2.24. The molecule has 0 aliphatic carbocycles. The number of carbonyl (C=O) groups excluding carboxylic acids is 1. The summed E-state index contributed by atoms with van der Waals surface area (Å²) < 4.78 is 0. The van der Waals surface area contributed by atoms with Gasteiger partial charge in [-0.1, -0.05) is 32.9 Å². The Labute approximate surface area is 110 Å². The Morgan fingerprint density at radius 1 is 1.33 bits per heavy atom. The quantitative estimate of drug-likeness (QED) is 0.890. The third-order valence-electron chi connectivity index (χ3n) is 2.79. The molecule has 1 rings (SSSR count). The van der Waals surface area contributed by atoms with Gasteiger partial charge in [0.25, 0.3) is 0 Å². The number of hydrogen-bond donors (Lipinski definition) is 1. The van der Waals surface area contributed by atoms with Gasteiger partial charge < -0.3 is 10.6 Å². The van der Waals surface area contributed by atoms with Crippen LogP contribution >= 0.6 is 0 Å². The van der Waals surface area contributed by atoms with Crippen molar-refractivity contribution in [2.24, 2.45) is 11.1 Å². The van der Waals surface area contributed by atoms with E-state index in [2.05, 4.69) is 0 Å². The number of aryl methyl sites for hydroxylation is 1. The van der Waals surface area contributed by atoms with E-state index >= 15 is 0 Å². The van der Waals surface area contributed by atoms with E-state index in [1.165, 1.54) is 0 Å². The molecule has 100 valence electrons. The van der Waals surface area contributed by atoms with Gasteiger partial charge in [-0.05, 0) is 37.6 Å². The fourth-order valence-electron chi connectivity index (χ4n) is 1.80. The predicted molar refractivity (Wildman–Crippen MR) is 76.7 cm³/mol. The van der Waals surface area contributed by atoms with Crippen molar-refractivity contribution in [3.8, 4) is 0 Å². The summed E-state index contributed by atoms with van der Waals surface area (Å²) in [5.41, 5.74) is 7.30. The first kappa shape index (κ1) is 14.7. The van der Waals surface area contributed by atoms with Crippen molar-refractivity contribution in [2.45, 2.75) is 34.1 Å². The summed E-state index contributed by atoms with van der Waals surface area (Å²) in [4.78, 5) is 14.3. The Kier molecular flexibility index (Phi) is 4.91. The van der Waals surface area contributed by atoms with E-state index in [0.29, 0.717) is 13.1 Å². The maximum atomic E-state index is 12.5. The SMILES string of the molecule is Cc1cccc(N(CCCN)C(=O)C(C)(C)C)c1. The molecule has 0 aliphatic heterocycles. The number of anilines is 1. The lowest BCUT2D eigenvalue weighted by Gasteiger charge is -2.29. The second-order valence-electron chi connectivity index (χ2n) is 5.69. The molecule has 0 aromatic heterocycles. The summed E-state index contributed by atoms with van der Waals surface area (Å²) in [6.45, 7) is 9.14. The zero-order valence-electron chi connectivity index (χ0n) is 11.9. The highest BCUT2D eigenvalue weighted by Gasteiger charge is 2.27. The lowest BCUT2D eigenvalue weighted by molar-refractivity contribution is -0.125. The van der Waals surface area contributed by atoms with Crippen molar-refractivity contribution in [3.63, 3.8) is 0 Å². The van der Waals surface area contributed by atoms with Gasteiger partial charge in [-0.25, -0.2) is 0 Å². The molecule has 0 heterocycles. The average molecular weight is 248 g/mol. The fourth-order valence-corrected chi connectivity index (χ4v) is 1.80. The Bertz CT molecular complexity index is 407. The van der Waals surface area contributed by atoms with E-state index in [-0.39, 0.29) is 11.3 Å². The maximum Gasteiger partial charge on any atom is 0.232 e. The third kappa shape index (κ3) is 3.84. The van der Waals surface area contributed by atoms with Crippen LogP contribution in [0.3, 0.4) is 0 Å². The average Bonchev–Trinajstić information content (AvgIpc) is 2.28. The van der Waals surface area contributed by atoms with Gasteiger partial charge in [0.1, 0.15) is 0 Å². The topological polar surface area (TPSA) is 46.3 Å². The van der Waals surface area contributed by atoms with Gasteiger partial charge in [0.15, 0.2) is 0 Å². The number of nitrogens with two attached hydrogens (primary N) is 1. The van der Waals surface area contributed by atoms with Gasteiger partial charge in [-0.2, -0.15) is 0 Å². The lowest BCUT2D eigenvalue weighted by Crippen LogP contribution is -2.40. The molecule has 3 heteroatoms. The highest BCUT2D eigenvalue weighted by atomic mass is 16.2. The molecule has 0 aliphatic rings. The molecule has 3 nitrogen and oxygen atoms in total. The zero-order chi connectivity index (χ0) is 13.8. The summed E-state index contributed by atoms with van der Waals surface area (Å²) >= 11 is 0. The maximum absolute atomic E-state index is 12.5. The molecule has 0 bridgehead atoms. The predicted octanol–water partition coefficient (Wildman–Crippen LogP) is 2.72. The molecule has 1 aromatic carbocycles. The van der Waals surface area contributed by atoms with Crippen molar-refractivity contribution >= 4 is 11.6 Å². The van der Waals surface area contributed by atoms with E-state index in [0.717, 1.165) is 17.7 Å². The van der Waals surface area contributed by atoms with Crippen molar-refractivity contribution in [1.29, 1.82) is 0 Å². The van der Waals surface area contributed by atoms with Gasteiger partial charge in [-0.3, -0.25) is 4.79 Å². The van der Waals surface area contributed by atoms with Crippen LogP contribution in [0.5, 0.6) is 0 Å². The van der Waals surface area contributed by atoms with Crippen molar-refractivity contribution < 1.29 is 4.79 Å². The molecule has 0 atom stereocenters. The van der Waals surface area contributed by atoms with Crippen LogP contribution in [-0.4, -0.2) is 19.0 Å². The normalized spacial score (nSPS) is 11.4. The summed E-state index contributed by atoms with van der Waals surface area (Å²) in [6.07, 6.45) is 0.815. The molecule has 0 fully saturated rings.